The normalized spacial score (nSPS) is 17.2. The maximum Gasteiger partial charge on any atom is 0.221 e. The number of nitrogens with one attached hydrogen (secondary N) is 3. The maximum absolute atomic E-state index is 11.1. The van der Waals surface area contributed by atoms with Crippen LogP contribution in [0.25, 0.3) is 0 Å². The number of carbonyl (C=O) groups is 1. The summed E-state index contributed by atoms with van der Waals surface area (Å²) in [4.78, 5) is 18.0. The fourth-order valence-electron chi connectivity index (χ4n) is 3.56. The number of rotatable bonds is 9. The van der Waals surface area contributed by atoms with E-state index < -0.39 is 0 Å². The maximum atomic E-state index is 11.1. The van der Waals surface area contributed by atoms with Crippen molar-refractivity contribution in [2.45, 2.75) is 45.6 Å². The summed E-state index contributed by atoms with van der Waals surface area (Å²) in [6.45, 7) is 8.06. The van der Waals surface area contributed by atoms with Gasteiger partial charge in [-0.3, -0.25) is 14.7 Å². The number of piperidine rings is 1. The highest BCUT2D eigenvalue weighted by Crippen LogP contribution is 2.18. The molecule has 1 aliphatic rings. The summed E-state index contributed by atoms with van der Waals surface area (Å²) in [5, 5.41) is 9.41. The van der Waals surface area contributed by atoms with E-state index in [0.717, 1.165) is 36.5 Å². The summed E-state index contributed by atoms with van der Waals surface area (Å²) in [6, 6.07) is 8.12. The van der Waals surface area contributed by atoms with Crippen molar-refractivity contribution in [2.75, 3.05) is 45.2 Å². The molecule has 1 unspecified atom stereocenters. The second kappa shape index (κ2) is 14.4. The van der Waals surface area contributed by atoms with E-state index >= 15 is 0 Å². The lowest BCUT2D eigenvalue weighted by molar-refractivity contribution is -0.114. The van der Waals surface area contributed by atoms with Gasteiger partial charge in [-0.2, -0.15) is 0 Å². The summed E-state index contributed by atoms with van der Waals surface area (Å²) in [6.07, 6.45) is 5.22. The lowest BCUT2D eigenvalue weighted by Crippen LogP contribution is -2.46. The van der Waals surface area contributed by atoms with Gasteiger partial charge in [0, 0.05) is 44.9 Å². The molecule has 3 N–H and O–H groups in total. The Hall–Kier alpha value is -1.55. The zero-order chi connectivity index (χ0) is 20.2. The number of aliphatic imine (C=N–C) groups is 1. The summed E-state index contributed by atoms with van der Waals surface area (Å²) in [7, 11) is 1.78. The highest BCUT2D eigenvalue weighted by atomic mass is 127. The van der Waals surface area contributed by atoms with Gasteiger partial charge in [-0.1, -0.05) is 19.4 Å². The molecule has 1 fully saturated rings. The molecule has 8 heteroatoms. The van der Waals surface area contributed by atoms with Crippen LogP contribution in [-0.4, -0.2) is 62.6 Å². The monoisotopic (exact) mass is 517 g/mol. The standard InChI is InChI=1S/C21H35N5O2.HI/c1-4-19-9-5-6-13-26(19)14-11-23-21(22-3)24-12-15-28-20-10-7-8-18(16-20)25-17(2)27;/h7-8,10,16,19H,4-6,9,11-15H2,1-3H3,(H,25,27)(H2,22,23,24);1H. The van der Waals surface area contributed by atoms with Crippen LogP contribution in [0, 0.1) is 0 Å². The van der Waals surface area contributed by atoms with Crippen LogP contribution in [0.4, 0.5) is 5.69 Å². The Morgan fingerprint density at radius 1 is 1.28 bits per heavy atom. The Bertz CT molecular complexity index is 641. The van der Waals surface area contributed by atoms with E-state index in [2.05, 4.69) is 32.8 Å². The van der Waals surface area contributed by atoms with Crippen LogP contribution in [0.1, 0.15) is 39.5 Å². The van der Waals surface area contributed by atoms with E-state index in [1.807, 2.05) is 24.3 Å². The SMILES string of the molecule is CCC1CCCCN1CCNC(=NC)NCCOc1cccc(NC(C)=O)c1.I. The van der Waals surface area contributed by atoms with Crippen LogP contribution in [0.15, 0.2) is 29.3 Å². The molecule has 1 amide bonds. The molecule has 1 aliphatic heterocycles. The minimum absolute atomic E-state index is 0. The molecule has 0 saturated carbocycles. The molecule has 164 valence electrons. The van der Waals surface area contributed by atoms with Gasteiger partial charge in [-0.05, 0) is 37.9 Å². The Balaban J connectivity index is 0.00000420. The second-order valence-corrected chi connectivity index (χ2v) is 7.08. The number of hydrogen-bond donors (Lipinski definition) is 3. The molecule has 1 heterocycles. The van der Waals surface area contributed by atoms with Gasteiger partial charge < -0.3 is 20.7 Å². The number of amides is 1. The van der Waals surface area contributed by atoms with Crippen LogP contribution >= 0.6 is 24.0 Å². The van der Waals surface area contributed by atoms with Gasteiger partial charge in [0.15, 0.2) is 5.96 Å². The van der Waals surface area contributed by atoms with Gasteiger partial charge in [-0.15, -0.1) is 24.0 Å². The smallest absolute Gasteiger partial charge is 0.221 e. The van der Waals surface area contributed by atoms with Gasteiger partial charge in [0.05, 0.1) is 6.54 Å². The quantitative estimate of drug-likeness (QED) is 0.203. The average Bonchev–Trinajstić information content (AvgIpc) is 2.70. The number of anilines is 1. The number of guanidine groups is 1. The first kappa shape index (κ1) is 25.5. The molecule has 7 nitrogen and oxygen atoms in total. The number of ether oxygens (including phenoxy) is 1. The van der Waals surface area contributed by atoms with Crippen molar-refractivity contribution in [3.63, 3.8) is 0 Å². The third kappa shape index (κ3) is 9.66. The molecule has 29 heavy (non-hydrogen) atoms. The third-order valence-corrected chi connectivity index (χ3v) is 4.95. The average molecular weight is 517 g/mol. The number of nitrogens with zero attached hydrogens (tertiary/aromatic N) is 2. The van der Waals surface area contributed by atoms with Crippen LogP contribution in [-0.2, 0) is 4.79 Å². The van der Waals surface area contributed by atoms with E-state index in [0.29, 0.717) is 13.2 Å². The number of likely N-dealkylation sites (tertiary alicyclic amines) is 1. The molecule has 1 saturated heterocycles. The topological polar surface area (TPSA) is 78.0 Å². The van der Waals surface area contributed by atoms with Crippen molar-refractivity contribution >= 4 is 41.5 Å². The van der Waals surface area contributed by atoms with Crippen molar-refractivity contribution in [1.82, 2.24) is 15.5 Å². The Morgan fingerprint density at radius 3 is 2.79 bits per heavy atom. The number of hydrogen-bond acceptors (Lipinski definition) is 4. The van der Waals surface area contributed by atoms with E-state index in [9.17, 15) is 4.79 Å². The van der Waals surface area contributed by atoms with E-state index in [4.69, 9.17) is 4.74 Å². The first-order valence-corrected chi connectivity index (χ1v) is 10.3. The lowest BCUT2D eigenvalue weighted by atomic mass is 10.0. The highest BCUT2D eigenvalue weighted by Gasteiger charge is 2.19. The molecule has 1 atom stereocenters. The fourth-order valence-corrected chi connectivity index (χ4v) is 3.56. The molecule has 0 aromatic heterocycles. The molecule has 0 radical (unpaired) electrons. The molecular weight excluding hydrogens is 481 g/mol. The van der Waals surface area contributed by atoms with Gasteiger partial charge >= 0.3 is 0 Å². The van der Waals surface area contributed by atoms with Crippen molar-refractivity contribution in [3.8, 4) is 5.75 Å². The Morgan fingerprint density at radius 2 is 2.07 bits per heavy atom. The van der Waals surface area contributed by atoms with Gasteiger partial charge in [0.25, 0.3) is 0 Å². The lowest BCUT2D eigenvalue weighted by Gasteiger charge is -2.35. The minimum atomic E-state index is -0.0940. The number of halogens is 1. The van der Waals surface area contributed by atoms with E-state index in [-0.39, 0.29) is 29.9 Å². The van der Waals surface area contributed by atoms with Crippen LogP contribution in [0.5, 0.6) is 5.75 Å². The molecule has 2 rings (SSSR count). The third-order valence-electron chi connectivity index (χ3n) is 4.95. The van der Waals surface area contributed by atoms with E-state index in [1.54, 1.807) is 7.05 Å². The summed E-state index contributed by atoms with van der Waals surface area (Å²) < 4.78 is 5.75. The summed E-state index contributed by atoms with van der Waals surface area (Å²) in [5.41, 5.74) is 0.735. The van der Waals surface area contributed by atoms with Crippen molar-refractivity contribution in [1.29, 1.82) is 0 Å². The van der Waals surface area contributed by atoms with E-state index in [1.165, 1.54) is 39.2 Å². The number of benzene rings is 1. The van der Waals surface area contributed by atoms with Crippen molar-refractivity contribution in [3.05, 3.63) is 24.3 Å². The molecule has 0 spiro atoms. The summed E-state index contributed by atoms with van der Waals surface area (Å²) >= 11 is 0. The Kier molecular flexibility index (Phi) is 12.7. The largest absolute Gasteiger partial charge is 0.492 e. The van der Waals surface area contributed by atoms with Crippen LogP contribution in [0.3, 0.4) is 0 Å². The fraction of sp³-hybridized carbons (Fsp3) is 0.619. The van der Waals surface area contributed by atoms with Gasteiger partial charge in [-0.25, -0.2) is 0 Å². The predicted octanol–water partition coefficient (Wildman–Crippen LogP) is 3.07. The van der Waals surface area contributed by atoms with Gasteiger partial charge in [0.1, 0.15) is 12.4 Å². The predicted molar refractivity (Wildman–Crippen MR) is 131 cm³/mol. The molecule has 0 aliphatic carbocycles. The zero-order valence-corrected chi connectivity index (χ0v) is 20.2. The molecule has 0 bridgehead atoms. The summed E-state index contributed by atoms with van der Waals surface area (Å²) in [5.74, 6) is 1.43. The number of carbonyl (C=O) groups excluding carboxylic acids is 1. The van der Waals surface area contributed by atoms with Gasteiger partial charge in [0.2, 0.25) is 5.91 Å². The first-order valence-electron chi connectivity index (χ1n) is 10.3. The first-order chi connectivity index (χ1) is 13.6. The minimum Gasteiger partial charge on any atom is -0.492 e. The molecule has 1 aromatic rings. The molecular formula is C21H36IN5O2. The highest BCUT2D eigenvalue weighted by molar-refractivity contribution is 14.0. The molecule has 1 aromatic carbocycles. The van der Waals surface area contributed by atoms with Crippen LogP contribution in [0.2, 0.25) is 0 Å². The van der Waals surface area contributed by atoms with Crippen molar-refractivity contribution in [2.24, 2.45) is 4.99 Å². The van der Waals surface area contributed by atoms with Crippen molar-refractivity contribution < 1.29 is 9.53 Å². The zero-order valence-electron chi connectivity index (χ0n) is 17.9. The Labute approximate surface area is 192 Å². The second-order valence-electron chi connectivity index (χ2n) is 7.08. The van der Waals surface area contributed by atoms with Crippen LogP contribution < -0.4 is 20.7 Å².